The largest absolute Gasteiger partial charge is 0.499 e. The van der Waals surface area contributed by atoms with Crippen LogP contribution in [0.15, 0.2) is 12.1 Å². The number of rotatable bonds is 6. The van der Waals surface area contributed by atoms with E-state index in [9.17, 15) is 25.1 Å². The number of thiophene rings is 1. The molecular formula is C15H17NO7S. The highest BCUT2D eigenvalue weighted by Gasteiger charge is 2.27. The summed E-state index contributed by atoms with van der Waals surface area (Å²) in [7, 11) is 2.56. The highest BCUT2D eigenvalue weighted by Crippen LogP contribution is 2.46. The number of esters is 1. The molecule has 0 spiro atoms. The molecular weight excluding hydrogens is 338 g/mol. The second-order valence-electron chi connectivity index (χ2n) is 5.27. The van der Waals surface area contributed by atoms with Crippen molar-refractivity contribution >= 4 is 33.1 Å². The summed E-state index contributed by atoms with van der Waals surface area (Å²) in [6.07, 6.45) is -0.861. The number of benzene rings is 1. The lowest BCUT2D eigenvalue weighted by atomic mass is 10.0. The fraction of sp³-hybridized carbons (Fsp3) is 0.400. The molecule has 130 valence electrons. The Bertz CT molecular complexity index is 786. The number of aliphatic hydroxyl groups is 1. The average Bonchev–Trinajstić information content (AvgIpc) is 2.96. The van der Waals surface area contributed by atoms with E-state index < -0.39 is 34.4 Å². The van der Waals surface area contributed by atoms with Gasteiger partial charge in [-0.3, -0.25) is 14.9 Å². The number of phenolic OH excluding ortho intramolecular Hbond substituents is 1. The minimum Gasteiger partial charge on any atom is -0.499 e. The molecule has 2 atom stereocenters. The number of ether oxygens (including phenoxy) is 2. The molecule has 1 aromatic heterocycles. The Labute approximate surface area is 141 Å². The molecule has 0 aliphatic heterocycles. The summed E-state index contributed by atoms with van der Waals surface area (Å²) in [5.74, 6) is -1.54. The van der Waals surface area contributed by atoms with E-state index in [1.807, 2.05) is 0 Å². The number of methoxy groups -OCH3 is 2. The smallest absolute Gasteiger partial charge is 0.323 e. The SMILES string of the molecule is COC(=O)[C@@H](C)CC(O)c1cc2c([N+](=O)[O-])c(O)c(OC)cc2s1. The molecule has 1 heterocycles. The van der Waals surface area contributed by atoms with Crippen LogP contribution in [0.1, 0.15) is 24.3 Å². The normalized spacial score (nSPS) is 13.5. The van der Waals surface area contributed by atoms with Gasteiger partial charge in [-0.05, 0) is 12.5 Å². The van der Waals surface area contributed by atoms with Crippen LogP contribution in [-0.4, -0.2) is 35.3 Å². The fourth-order valence-electron chi connectivity index (χ4n) is 2.40. The molecule has 0 bridgehead atoms. The molecule has 0 aliphatic rings. The van der Waals surface area contributed by atoms with E-state index in [0.717, 1.165) is 11.3 Å². The molecule has 24 heavy (non-hydrogen) atoms. The first-order valence-corrected chi connectivity index (χ1v) is 7.85. The van der Waals surface area contributed by atoms with Gasteiger partial charge in [0.25, 0.3) is 0 Å². The van der Waals surface area contributed by atoms with Gasteiger partial charge in [0.1, 0.15) is 0 Å². The molecule has 0 aliphatic carbocycles. The number of hydrogen-bond donors (Lipinski definition) is 2. The summed E-state index contributed by atoms with van der Waals surface area (Å²) in [4.78, 5) is 22.5. The summed E-state index contributed by atoms with van der Waals surface area (Å²) in [6, 6.07) is 2.92. The minimum atomic E-state index is -0.982. The summed E-state index contributed by atoms with van der Waals surface area (Å²) >= 11 is 1.14. The summed E-state index contributed by atoms with van der Waals surface area (Å²) in [5, 5.41) is 31.7. The first-order chi connectivity index (χ1) is 11.3. The molecule has 2 rings (SSSR count). The molecule has 2 aromatic rings. The Balaban J connectivity index is 2.45. The van der Waals surface area contributed by atoms with Crippen LogP contribution in [0.5, 0.6) is 11.5 Å². The van der Waals surface area contributed by atoms with Gasteiger partial charge in [-0.25, -0.2) is 0 Å². The monoisotopic (exact) mass is 355 g/mol. The van der Waals surface area contributed by atoms with Gasteiger partial charge in [-0.15, -0.1) is 11.3 Å². The quantitative estimate of drug-likeness (QED) is 0.464. The minimum absolute atomic E-state index is 0.0139. The van der Waals surface area contributed by atoms with Crippen LogP contribution >= 0.6 is 11.3 Å². The van der Waals surface area contributed by atoms with E-state index in [4.69, 9.17) is 4.74 Å². The Morgan fingerprint density at radius 3 is 2.62 bits per heavy atom. The highest BCUT2D eigenvalue weighted by molar-refractivity contribution is 7.19. The van der Waals surface area contributed by atoms with Crippen LogP contribution in [0.25, 0.3) is 10.1 Å². The third-order valence-corrected chi connectivity index (χ3v) is 4.85. The number of fused-ring (bicyclic) bond motifs is 1. The van der Waals surface area contributed by atoms with Gasteiger partial charge in [0, 0.05) is 15.6 Å². The molecule has 8 nitrogen and oxygen atoms in total. The van der Waals surface area contributed by atoms with Crippen LogP contribution in [0.3, 0.4) is 0 Å². The van der Waals surface area contributed by atoms with Gasteiger partial charge in [-0.2, -0.15) is 0 Å². The number of phenols is 1. The van der Waals surface area contributed by atoms with Gasteiger partial charge in [0.15, 0.2) is 5.75 Å². The van der Waals surface area contributed by atoms with Crippen LogP contribution < -0.4 is 4.74 Å². The molecule has 1 aromatic carbocycles. The zero-order chi connectivity index (χ0) is 18.0. The van der Waals surface area contributed by atoms with E-state index in [1.165, 1.54) is 26.4 Å². The highest BCUT2D eigenvalue weighted by atomic mass is 32.1. The summed E-state index contributed by atoms with van der Waals surface area (Å²) in [6.45, 7) is 1.62. The lowest BCUT2D eigenvalue weighted by Crippen LogP contribution is -2.15. The van der Waals surface area contributed by atoms with Crippen molar-refractivity contribution in [2.75, 3.05) is 14.2 Å². The predicted octanol–water partition coefficient (Wildman–Crippen LogP) is 2.76. The number of carbonyl (C=O) groups excluding carboxylic acids is 1. The third-order valence-electron chi connectivity index (χ3n) is 3.67. The van der Waals surface area contributed by atoms with E-state index in [-0.39, 0.29) is 17.6 Å². The van der Waals surface area contributed by atoms with Crippen molar-refractivity contribution < 1.29 is 29.4 Å². The van der Waals surface area contributed by atoms with Crippen LogP contribution in [0, 0.1) is 16.0 Å². The number of nitrogens with zero attached hydrogens (tertiary/aromatic N) is 1. The Morgan fingerprint density at radius 1 is 1.42 bits per heavy atom. The maximum absolute atomic E-state index is 11.5. The number of hydrogen-bond acceptors (Lipinski definition) is 8. The van der Waals surface area contributed by atoms with Crippen molar-refractivity contribution in [3.8, 4) is 11.5 Å². The predicted molar refractivity (Wildman–Crippen MR) is 87.5 cm³/mol. The zero-order valence-corrected chi connectivity index (χ0v) is 14.1. The van der Waals surface area contributed by atoms with E-state index in [0.29, 0.717) is 9.58 Å². The standard InChI is InChI=1S/C15H17NO7S/c1-7(15(19)23-3)4-9(17)12-5-8-11(24-12)6-10(22-2)14(18)13(8)16(20)21/h5-7,9,17-18H,4H2,1-3H3/t7-,9?/m0/s1. The van der Waals surface area contributed by atoms with Gasteiger partial charge < -0.3 is 19.7 Å². The van der Waals surface area contributed by atoms with Gasteiger partial charge in [-0.1, -0.05) is 6.92 Å². The summed E-state index contributed by atoms with van der Waals surface area (Å²) in [5.41, 5.74) is -0.472. The Morgan fingerprint density at radius 2 is 2.08 bits per heavy atom. The fourth-order valence-corrected chi connectivity index (χ4v) is 3.50. The van der Waals surface area contributed by atoms with Gasteiger partial charge in [0.05, 0.1) is 36.6 Å². The van der Waals surface area contributed by atoms with Gasteiger partial charge in [0.2, 0.25) is 5.75 Å². The van der Waals surface area contributed by atoms with E-state index in [2.05, 4.69) is 4.74 Å². The molecule has 0 saturated heterocycles. The number of aliphatic hydroxyl groups excluding tert-OH is 1. The molecule has 9 heteroatoms. The van der Waals surface area contributed by atoms with Crippen molar-refractivity contribution in [2.45, 2.75) is 19.4 Å². The summed E-state index contributed by atoms with van der Waals surface area (Å²) < 4.78 is 10.1. The molecule has 0 fully saturated rings. The van der Waals surface area contributed by atoms with Crippen molar-refractivity contribution in [1.82, 2.24) is 0 Å². The van der Waals surface area contributed by atoms with Crippen LogP contribution in [0.2, 0.25) is 0 Å². The van der Waals surface area contributed by atoms with Crippen molar-refractivity contribution in [3.63, 3.8) is 0 Å². The molecule has 0 saturated carbocycles. The maximum Gasteiger partial charge on any atom is 0.323 e. The topological polar surface area (TPSA) is 119 Å². The van der Waals surface area contributed by atoms with Crippen LogP contribution in [0.4, 0.5) is 5.69 Å². The molecule has 0 radical (unpaired) electrons. The van der Waals surface area contributed by atoms with Crippen LogP contribution in [-0.2, 0) is 9.53 Å². The van der Waals surface area contributed by atoms with Crippen molar-refractivity contribution in [2.24, 2.45) is 5.92 Å². The Hall–Kier alpha value is -2.39. The van der Waals surface area contributed by atoms with E-state index >= 15 is 0 Å². The number of nitro benzene ring substituents is 1. The average molecular weight is 355 g/mol. The zero-order valence-electron chi connectivity index (χ0n) is 13.3. The second-order valence-corrected chi connectivity index (χ2v) is 6.38. The lowest BCUT2D eigenvalue weighted by molar-refractivity contribution is -0.384. The van der Waals surface area contributed by atoms with Crippen molar-refractivity contribution in [1.29, 1.82) is 0 Å². The maximum atomic E-state index is 11.5. The second kappa shape index (κ2) is 7.02. The Kier molecular flexibility index (Phi) is 5.25. The van der Waals surface area contributed by atoms with Gasteiger partial charge >= 0.3 is 11.7 Å². The number of nitro groups is 1. The molecule has 2 N–H and O–H groups in total. The molecule has 1 unspecified atom stereocenters. The number of aromatic hydroxyl groups is 1. The molecule has 0 amide bonds. The third kappa shape index (κ3) is 3.26. The lowest BCUT2D eigenvalue weighted by Gasteiger charge is -2.13. The van der Waals surface area contributed by atoms with E-state index in [1.54, 1.807) is 6.92 Å². The number of carbonyl (C=O) groups is 1. The first-order valence-electron chi connectivity index (χ1n) is 7.03. The first kappa shape index (κ1) is 18.0. The van der Waals surface area contributed by atoms with Crippen molar-refractivity contribution in [3.05, 3.63) is 27.1 Å².